The molecule has 25 heavy (non-hydrogen) atoms. The highest BCUT2D eigenvalue weighted by Gasteiger charge is 2.29. The predicted molar refractivity (Wildman–Crippen MR) is 101 cm³/mol. The fourth-order valence-corrected chi connectivity index (χ4v) is 4.98. The van der Waals surface area contributed by atoms with Gasteiger partial charge in [-0.15, -0.1) is 0 Å². The molecule has 0 aliphatic carbocycles. The number of carbonyl (C=O) groups is 1. The summed E-state index contributed by atoms with van der Waals surface area (Å²) < 4.78 is 13.9. The van der Waals surface area contributed by atoms with Gasteiger partial charge in [-0.3, -0.25) is 9.69 Å². The molecule has 4 rings (SSSR count). The topological polar surface area (TPSA) is 58.6 Å². The highest BCUT2D eigenvalue weighted by molar-refractivity contribution is 7.99. The number of morpholine rings is 1. The molecule has 0 spiro atoms. The maximum absolute atomic E-state index is 13.2. The number of amides is 1. The highest BCUT2D eigenvalue weighted by Crippen LogP contribution is 2.22. The fraction of sp³-hybridized carbons (Fsp3) is 0.588. The number of ether oxygens (including phenoxy) is 1. The first kappa shape index (κ1) is 17.2. The number of rotatable bonds is 3. The molecule has 2 saturated heterocycles. The van der Waals surface area contributed by atoms with E-state index in [0.29, 0.717) is 0 Å². The molecular weight excluding hydrogens is 356 g/mol. The maximum Gasteiger partial charge on any atom is 0.254 e. The zero-order valence-corrected chi connectivity index (χ0v) is 15.7. The molecule has 6 nitrogen and oxygen atoms in total. The number of hydrogen-bond donors (Lipinski definition) is 0. The Morgan fingerprint density at radius 2 is 2.04 bits per heavy atom. The molecule has 0 bridgehead atoms. The number of benzene rings is 1. The molecule has 1 unspecified atom stereocenters. The van der Waals surface area contributed by atoms with E-state index in [1.165, 1.54) is 11.7 Å². The van der Waals surface area contributed by atoms with Crippen LogP contribution in [0.1, 0.15) is 16.8 Å². The van der Waals surface area contributed by atoms with Crippen molar-refractivity contribution in [2.24, 2.45) is 0 Å². The van der Waals surface area contributed by atoms with E-state index in [9.17, 15) is 4.79 Å². The van der Waals surface area contributed by atoms with Gasteiger partial charge >= 0.3 is 0 Å². The van der Waals surface area contributed by atoms with Crippen LogP contribution in [0.3, 0.4) is 0 Å². The summed E-state index contributed by atoms with van der Waals surface area (Å²) in [4.78, 5) is 17.7. The van der Waals surface area contributed by atoms with Crippen molar-refractivity contribution < 1.29 is 9.53 Å². The summed E-state index contributed by atoms with van der Waals surface area (Å²) in [6, 6.07) is 5.92. The lowest BCUT2D eigenvalue weighted by Gasteiger charge is -2.35. The number of thioether (sulfide) groups is 1. The van der Waals surface area contributed by atoms with E-state index in [-0.39, 0.29) is 11.9 Å². The second-order valence-corrected chi connectivity index (χ2v) is 8.14. The zero-order chi connectivity index (χ0) is 17.1. The minimum absolute atomic E-state index is 0.121. The lowest BCUT2D eigenvalue weighted by molar-refractivity contribution is 0.0245. The molecule has 0 N–H and O–H groups in total. The van der Waals surface area contributed by atoms with Crippen LogP contribution in [-0.2, 0) is 4.74 Å². The summed E-state index contributed by atoms with van der Waals surface area (Å²) in [6.45, 7) is 5.26. The van der Waals surface area contributed by atoms with Crippen molar-refractivity contribution >= 4 is 40.4 Å². The molecule has 1 aromatic heterocycles. The normalized spacial score (nSPS) is 22.9. The molecule has 2 aliphatic rings. The van der Waals surface area contributed by atoms with Gasteiger partial charge in [0.15, 0.2) is 0 Å². The van der Waals surface area contributed by atoms with E-state index in [1.807, 2.05) is 30.0 Å². The summed E-state index contributed by atoms with van der Waals surface area (Å²) >= 11 is 3.15. The molecule has 0 radical (unpaired) electrons. The van der Waals surface area contributed by atoms with Crippen molar-refractivity contribution in [2.45, 2.75) is 12.5 Å². The largest absolute Gasteiger partial charge is 0.379 e. The average molecular weight is 379 g/mol. The summed E-state index contributed by atoms with van der Waals surface area (Å²) in [6.07, 6.45) is 1.05. The van der Waals surface area contributed by atoms with Gasteiger partial charge in [-0.1, -0.05) is 0 Å². The van der Waals surface area contributed by atoms with E-state index >= 15 is 0 Å². The first-order valence-electron chi connectivity index (χ1n) is 8.72. The Kier molecular flexibility index (Phi) is 5.50. The molecule has 1 atom stereocenters. The summed E-state index contributed by atoms with van der Waals surface area (Å²) in [7, 11) is 0. The van der Waals surface area contributed by atoms with E-state index in [2.05, 4.69) is 18.5 Å². The van der Waals surface area contributed by atoms with Crippen LogP contribution in [0.5, 0.6) is 0 Å². The molecule has 2 fully saturated rings. The number of fused-ring (bicyclic) bond motifs is 1. The molecule has 134 valence electrons. The van der Waals surface area contributed by atoms with Crippen molar-refractivity contribution in [3.8, 4) is 0 Å². The van der Waals surface area contributed by atoms with Crippen molar-refractivity contribution in [1.82, 2.24) is 18.5 Å². The first-order valence-corrected chi connectivity index (χ1v) is 10.6. The lowest BCUT2D eigenvalue weighted by Crippen LogP contribution is -2.50. The zero-order valence-electron chi connectivity index (χ0n) is 14.1. The first-order chi connectivity index (χ1) is 12.3. The molecular formula is C17H22N4O2S2. The van der Waals surface area contributed by atoms with Crippen LogP contribution in [0.25, 0.3) is 11.0 Å². The van der Waals surface area contributed by atoms with Crippen LogP contribution >= 0.6 is 23.5 Å². The highest BCUT2D eigenvalue weighted by atomic mass is 32.2. The second-order valence-electron chi connectivity index (χ2n) is 6.46. The molecule has 3 heterocycles. The van der Waals surface area contributed by atoms with Crippen molar-refractivity contribution in [2.75, 3.05) is 50.9 Å². The minimum Gasteiger partial charge on any atom is -0.379 e. The molecule has 1 amide bonds. The summed E-state index contributed by atoms with van der Waals surface area (Å²) in [5.41, 5.74) is 2.39. The Morgan fingerprint density at radius 1 is 1.20 bits per heavy atom. The molecule has 0 saturated carbocycles. The van der Waals surface area contributed by atoms with Gasteiger partial charge < -0.3 is 9.64 Å². The van der Waals surface area contributed by atoms with E-state index in [4.69, 9.17) is 4.74 Å². The van der Waals surface area contributed by atoms with E-state index in [0.717, 1.165) is 73.9 Å². The maximum atomic E-state index is 13.2. The Balaban J connectivity index is 1.53. The van der Waals surface area contributed by atoms with Gasteiger partial charge in [0.1, 0.15) is 11.0 Å². The van der Waals surface area contributed by atoms with Crippen molar-refractivity contribution in [1.29, 1.82) is 0 Å². The van der Waals surface area contributed by atoms with Crippen LogP contribution in [0.15, 0.2) is 18.2 Å². The summed E-state index contributed by atoms with van der Waals surface area (Å²) in [5, 5.41) is 0. The Bertz CT molecular complexity index is 732. The average Bonchev–Trinajstić information content (AvgIpc) is 3.00. The van der Waals surface area contributed by atoms with Crippen LogP contribution in [0.2, 0.25) is 0 Å². The predicted octanol–water partition coefficient (Wildman–Crippen LogP) is 1.97. The van der Waals surface area contributed by atoms with Gasteiger partial charge in [0.2, 0.25) is 0 Å². The van der Waals surface area contributed by atoms with Gasteiger partial charge in [0, 0.05) is 37.5 Å². The third-order valence-electron chi connectivity index (χ3n) is 4.77. The molecule has 1 aromatic carbocycles. The number of aromatic nitrogens is 2. The van der Waals surface area contributed by atoms with E-state index < -0.39 is 0 Å². The quantitative estimate of drug-likeness (QED) is 0.814. The summed E-state index contributed by atoms with van der Waals surface area (Å²) in [5.74, 6) is 2.25. The Hall–Kier alpha value is -1.22. The molecule has 2 aromatic rings. The SMILES string of the molecule is O=C(c1ccc2nsnc2c1)N1CCCSCC1CN1CCOCC1. The smallest absolute Gasteiger partial charge is 0.254 e. The second kappa shape index (κ2) is 7.99. The van der Waals surface area contributed by atoms with Crippen LogP contribution < -0.4 is 0 Å². The Morgan fingerprint density at radius 3 is 2.92 bits per heavy atom. The molecule has 8 heteroatoms. The van der Waals surface area contributed by atoms with Crippen LogP contribution in [0.4, 0.5) is 0 Å². The van der Waals surface area contributed by atoms with Gasteiger partial charge in [-0.05, 0) is 30.4 Å². The lowest BCUT2D eigenvalue weighted by atomic mass is 10.1. The van der Waals surface area contributed by atoms with Gasteiger partial charge in [-0.2, -0.15) is 20.5 Å². The van der Waals surface area contributed by atoms with Crippen molar-refractivity contribution in [3.05, 3.63) is 23.8 Å². The van der Waals surface area contributed by atoms with Crippen LogP contribution in [-0.4, -0.2) is 81.4 Å². The molecule has 2 aliphatic heterocycles. The van der Waals surface area contributed by atoms with E-state index in [1.54, 1.807) is 0 Å². The van der Waals surface area contributed by atoms with Crippen molar-refractivity contribution in [3.63, 3.8) is 0 Å². The number of nitrogens with zero attached hydrogens (tertiary/aromatic N) is 4. The van der Waals surface area contributed by atoms with Gasteiger partial charge in [-0.25, -0.2) is 0 Å². The third-order valence-corrected chi connectivity index (χ3v) is 6.53. The standard InChI is InChI=1S/C17H22N4O2S2/c22-17(13-2-3-15-16(10-13)19-25-18-15)21-4-1-9-24-12-14(21)11-20-5-7-23-8-6-20/h2-3,10,14H,1,4-9,11-12H2. The number of hydrogen-bond acceptors (Lipinski definition) is 7. The number of carbonyl (C=O) groups excluding carboxylic acids is 1. The Labute approximate surface area is 155 Å². The monoisotopic (exact) mass is 378 g/mol. The van der Waals surface area contributed by atoms with Gasteiger partial charge in [0.05, 0.1) is 31.0 Å². The fourth-order valence-electron chi connectivity index (χ4n) is 3.41. The minimum atomic E-state index is 0.121. The van der Waals surface area contributed by atoms with Gasteiger partial charge in [0.25, 0.3) is 5.91 Å². The van der Waals surface area contributed by atoms with Crippen LogP contribution in [0, 0.1) is 0 Å². The third kappa shape index (κ3) is 3.97.